The second-order valence-electron chi connectivity index (χ2n) is 3.77. The number of hydrogen-bond donors (Lipinski definition) is 5. The average Bonchev–Trinajstić information content (AvgIpc) is 2.23. The molecule has 0 unspecified atom stereocenters. The Balaban J connectivity index is 5.03. The Hall–Kier alpha value is -0.110. The third-order valence-corrected chi connectivity index (χ3v) is 2.73. The zero-order valence-electron chi connectivity index (χ0n) is 9.66. The average molecular weight is 239 g/mol. The molecule has 0 saturated carbocycles. The first-order valence-electron chi connectivity index (χ1n) is 5.08. The van der Waals surface area contributed by atoms with Crippen molar-refractivity contribution in [3.63, 3.8) is 0 Å². The maximum absolute atomic E-state index is 10.0. The van der Waals surface area contributed by atoms with Gasteiger partial charge in [0.1, 0.15) is 23.9 Å². The molecule has 0 aliphatic rings. The van der Waals surface area contributed by atoms with Gasteiger partial charge in [-0.2, -0.15) is 0 Å². The van der Waals surface area contributed by atoms with Gasteiger partial charge < -0.3 is 25.5 Å². The summed E-state index contributed by atoms with van der Waals surface area (Å²) in [5, 5.41) is 46.3. The molecule has 0 aliphatic carbocycles. The van der Waals surface area contributed by atoms with Crippen molar-refractivity contribution in [2.45, 2.75) is 37.8 Å². The predicted octanol–water partition coefficient (Wildman–Crippen LogP) is -1.55. The van der Waals surface area contributed by atoms with Crippen molar-refractivity contribution in [1.82, 2.24) is 0 Å². The molecule has 0 heterocycles. The first-order chi connectivity index (χ1) is 7.19. The monoisotopic (exact) mass is 239 g/mol. The van der Waals surface area contributed by atoms with Crippen molar-refractivity contribution < 1.29 is 26.9 Å². The molecule has 0 aromatic rings. The lowest BCUT2D eigenvalue weighted by atomic mass is 9.83. The largest absolute Gasteiger partial charge is 0.394 e. The molecular formula is C9H18O5S. The molecule has 0 saturated heterocycles. The summed E-state index contributed by atoms with van der Waals surface area (Å²) in [6, 6.07) is 0. The van der Waals surface area contributed by atoms with Crippen LogP contribution in [0.4, 0.5) is 0 Å². The molecule has 6 heteroatoms. The Kier molecular flexibility index (Phi) is 5.04. The molecule has 0 fully saturated rings. The highest BCUT2D eigenvalue weighted by Crippen LogP contribution is 2.23. The molecular weight excluding hydrogens is 220 g/mol. The summed E-state index contributed by atoms with van der Waals surface area (Å²) in [5.41, 5.74) is -2.11. The highest BCUT2D eigenvalue weighted by molar-refractivity contribution is 7.79. The Labute approximate surface area is 95.4 Å². The van der Waals surface area contributed by atoms with Gasteiger partial charge in [0.25, 0.3) is 0 Å². The topological polar surface area (TPSA) is 101 Å². The Morgan fingerprint density at radius 2 is 1.87 bits per heavy atom. The van der Waals surface area contributed by atoms with Crippen molar-refractivity contribution in [3.05, 3.63) is 0 Å². The normalized spacial score (nSPS) is 22.8. The van der Waals surface area contributed by atoms with E-state index < -0.39 is 41.8 Å². The van der Waals surface area contributed by atoms with Crippen molar-refractivity contribution in [1.29, 1.82) is 0 Å². The van der Waals surface area contributed by atoms with Crippen LogP contribution in [0, 0.1) is 5.92 Å². The maximum Gasteiger partial charge on any atom is 0.124 e. The Morgan fingerprint density at radius 3 is 2.13 bits per heavy atom. The van der Waals surface area contributed by atoms with E-state index in [1.54, 1.807) is 0 Å². The molecule has 0 spiro atoms. The van der Waals surface area contributed by atoms with E-state index in [9.17, 15) is 15.3 Å². The van der Waals surface area contributed by atoms with Crippen LogP contribution in [-0.4, -0.2) is 61.4 Å². The molecule has 0 amide bonds. The number of hydrogen-bond acceptors (Lipinski definition) is 6. The SMILES string of the molecule is [2H]C(=S)[C@@](O)(C(C)C)[C@@H](O)[C@@H](O)[C@H](O)CO. The zero-order chi connectivity index (χ0) is 13.1. The Bertz CT molecular complexity index is 250. The van der Waals surface area contributed by atoms with E-state index in [4.69, 9.17) is 11.6 Å². The predicted molar refractivity (Wildman–Crippen MR) is 58.5 cm³/mol. The van der Waals surface area contributed by atoms with E-state index in [1.807, 2.05) is 0 Å². The number of aliphatic hydroxyl groups excluding tert-OH is 4. The summed E-state index contributed by atoms with van der Waals surface area (Å²) < 4.78 is 7.25. The van der Waals surface area contributed by atoms with E-state index in [2.05, 4.69) is 12.2 Å². The van der Waals surface area contributed by atoms with E-state index in [0.717, 1.165) is 0 Å². The standard InChI is InChI=1S/C9H18O5S/c1-5(2)9(14,4-15)8(13)7(12)6(11)3-10/h4-8,10-14H,3H2,1-2H3/t6-,7+,8+,9-/m1/s1/i4D. The van der Waals surface area contributed by atoms with Gasteiger partial charge in [-0.1, -0.05) is 26.1 Å². The Morgan fingerprint density at radius 1 is 1.40 bits per heavy atom. The molecule has 0 aromatic carbocycles. The van der Waals surface area contributed by atoms with Gasteiger partial charge in [-0.15, -0.1) is 0 Å². The lowest BCUT2D eigenvalue weighted by Gasteiger charge is -2.36. The van der Waals surface area contributed by atoms with Crippen LogP contribution in [-0.2, 0) is 0 Å². The second-order valence-corrected chi connectivity index (χ2v) is 3.97. The van der Waals surface area contributed by atoms with Crippen LogP contribution in [0.15, 0.2) is 0 Å². The van der Waals surface area contributed by atoms with Crippen molar-refractivity contribution >= 4 is 17.6 Å². The summed E-state index contributed by atoms with van der Waals surface area (Å²) in [4.78, 5) is 0. The van der Waals surface area contributed by atoms with E-state index in [0.29, 0.717) is 0 Å². The van der Waals surface area contributed by atoms with Gasteiger partial charge in [0, 0.05) is 5.34 Å². The van der Waals surface area contributed by atoms with Crippen LogP contribution in [0.5, 0.6) is 0 Å². The highest BCUT2D eigenvalue weighted by Gasteiger charge is 2.43. The van der Waals surface area contributed by atoms with Gasteiger partial charge in [0.15, 0.2) is 0 Å². The number of rotatable bonds is 6. The molecule has 5 nitrogen and oxygen atoms in total. The van der Waals surface area contributed by atoms with Gasteiger partial charge in [0.05, 0.1) is 7.98 Å². The smallest absolute Gasteiger partial charge is 0.124 e. The number of aliphatic hydroxyl groups is 5. The first-order valence-corrected chi connectivity index (χ1v) is 4.98. The highest BCUT2D eigenvalue weighted by atomic mass is 32.1. The molecule has 5 N–H and O–H groups in total. The molecule has 0 rings (SSSR count). The van der Waals surface area contributed by atoms with Gasteiger partial charge in [-0.05, 0) is 5.92 Å². The second kappa shape index (κ2) is 5.83. The summed E-state index contributed by atoms with van der Waals surface area (Å²) in [6.45, 7) is 2.27. The van der Waals surface area contributed by atoms with Gasteiger partial charge >= 0.3 is 0 Å². The summed E-state index contributed by atoms with van der Waals surface area (Å²) >= 11 is 4.53. The van der Waals surface area contributed by atoms with Crippen molar-refractivity contribution in [2.24, 2.45) is 5.92 Å². The molecule has 90 valence electrons. The van der Waals surface area contributed by atoms with Crippen LogP contribution < -0.4 is 0 Å². The minimum atomic E-state index is -2.11. The molecule has 0 bridgehead atoms. The first kappa shape index (κ1) is 13.0. The third kappa shape index (κ3) is 3.17. The summed E-state index contributed by atoms with van der Waals surface area (Å²) in [7, 11) is 0. The molecule has 0 aromatic heterocycles. The van der Waals surface area contributed by atoms with Crippen LogP contribution in [0.1, 0.15) is 15.2 Å². The van der Waals surface area contributed by atoms with Crippen LogP contribution in [0.3, 0.4) is 0 Å². The fourth-order valence-electron chi connectivity index (χ4n) is 1.10. The molecule has 0 radical (unpaired) electrons. The summed E-state index contributed by atoms with van der Waals surface area (Å²) in [6.07, 6.45) is -5.21. The van der Waals surface area contributed by atoms with Gasteiger partial charge in [-0.3, -0.25) is 0 Å². The van der Waals surface area contributed by atoms with Crippen LogP contribution in [0.25, 0.3) is 0 Å². The quantitative estimate of drug-likeness (QED) is 0.360. The van der Waals surface area contributed by atoms with Crippen LogP contribution in [0.2, 0.25) is 0 Å². The molecule has 4 atom stereocenters. The van der Waals surface area contributed by atoms with E-state index in [-0.39, 0.29) is 0 Å². The fourth-order valence-corrected chi connectivity index (χ4v) is 1.45. The van der Waals surface area contributed by atoms with Crippen molar-refractivity contribution in [2.75, 3.05) is 6.61 Å². The van der Waals surface area contributed by atoms with E-state index >= 15 is 0 Å². The van der Waals surface area contributed by atoms with Crippen molar-refractivity contribution in [3.8, 4) is 0 Å². The summed E-state index contributed by atoms with van der Waals surface area (Å²) in [5.74, 6) is -0.618. The van der Waals surface area contributed by atoms with Gasteiger partial charge in [0.2, 0.25) is 0 Å². The van der Waals surface area contributed by atoms with E-state index in [1.165, 1.54) is 13.8 Å². The lowest BCUT2D eigenvalue weighted by Crippen LogP contribution is -2.57. The lowest BCUT2D eigenvalue weighted by molar-refractivity contribution is -0.143. The minimum absolute atomic E-state index is 0.618. The third-order valence-electron chi connectivity index (χ3n) is 2.40. The minimum Gasteiger partial charge on any atom is -0.394 e. The molecule has 0 aliphatic heterocycles. The maximum atomic E-state index is 10.0. The van der Waals surface area contributed by atoms with Crippen LogP contribution >= 0.6 is 12.2 Å². The number of thiocarbonyl (C=S) groups is 1. The van der Waals surface area contributed by atoms with Gasteiger partial charge in [-0.25, -0.2) is 0 Å². The fraction of sp³-hybridized carbons (Fsp3) is 0.889. The molecule has 15 heavy (non-hydrogen) atoms. The zero-order valence-corrected chi connectivity index (χ0v) is 9.48.